The van der Waals surface area contributed by atoms with E-state index in [-0.39, 0.29) is 36.0 Å². The van der Waals surface area contributed by atoms with Gasteiger partial charge in [0.05, 0.1) is 17.2 Å². The first-order valence-electron chi connectivity index (χ1n) is 7.79. The lowest BCUT2D eigenvalue weighted by Gasteiger charge is -2.20. The number of ether oxygens (including phenoxy) is 1. The molecule has 1 aliphatic rings. The van der Waals surface area contributed by atoms with Crippen LogP contribution < -0.4 is 0 Å². The number of hydrogen-bond donors (Lipinski definition) is 1. The molecule has 0 saturated carbocycles. The van der Waals surface area contributed by atoms with E-state index < -0.39 is 11.8 Å². The number of likely N-dealkylation sites (N-methyl/N-ethyl adjacent to an activating group) is 1. The van der Waals surface area contributed by atoms with Crippen molar-refractivity contribution >= 4 is 40.6 Å². The number of benzene rings is 1. The zero-order chi connectivity index (χ0) is 18.6. The zero-order valence-corrected chi connectivity index (χ0v) is 15.6. The molecule has 1 heterocycles. The average Bonchev–Trinajstić information content (AvgIpc) is 2.80. The van der Waals surface area contributed by atoms with Crippen molar-refractivity contribution < 1.29 is 19.4 Å². The van der Waals surface area contributed by atoms with Gasteiger partial charge in [0.25, 0.3) is 11.8 Å². The Kier molecular flexibility index (Phi) is 6.84. The van der Waals surface area contributed by atoms with Gasteiger partial charge in [-0.2, -0.15) is 0 Å². The van der Waals surface area contributed by atoms with Crippen LogP contribution in [-0.2, 0) is 14.3 Å². The standard InChI is InChI=1S/C17H20Cl2N2O4/c1-20(7-8-22)15-14(12-5-4-11(18)10-13(12)19)16(23)21(17(15)24)6-3-9-25-2/h4-5,10,22H,3,6-9H2,1-2H3. The molecule has 0 fully saturated rings. The van der Waals surface area contributed by atoms with Crippen LogP contribution in [0.4, 0.5) is 0 Å². The molecule has 0 radical (unpaired) electrons. The van der Waals surface area contributed by atoms with Crippen LogP contribution in [-0.4, -0.2) is 67.2 Å². The van der Waals surface area contributed by atoms with Gasteiger partial charge in [-0.3, -0.25) is 14.5 Å². The second kappa shape index (κ2) is 8.67. The van der Waals surface area contributed by atoms with E-state index in [9.17, 15) is 14.7 Å². The molecule has 0 atom stereocenters. The molecule has 2 rings (SSSR count). The van der Waals surface area contributed by atoms with Gasteiger partial charge in [0.15, 0.2) is 0 Å². The number of aliphatic hydroxyl groups is 1. The normalized spacial score (nSPS) is 14.7. The number of aliphatic hydroxyl groups excluding tert-OH is 1. The summed E-state index contributed by atoms with van der Waals surface area (Å²) in [4.78, 5) is 28.4. The van der Waals surface area contributed by atoms with E-state index in [2.05, 4.69) is 0 Å². The third-order valence-corrected chi connectivity index (χ3v) is 4.44. The number of carbonyl (C=O) groups is 2. The molecule has 2 amide bonds. The number of halogens is 2. The molecule has 1 N–H and O–H groups in total. The minimum atomic E-state index is -0.412. The molecule has 0 aliphatic carbocycles. The first kappa shape index (κ1) is 19.7. The van der Waals surface area contributed by atoms with Gasteiger partial charge in [0, 0.05) is 44.4 Å². The fourth-order valence-corrected chi connectivity index (χ4v) is 3.19. The van der Waals surface area contributed by atoms with Gasteiger partial charge in [0.1, 0.15) is 5.70 Å². The predicted octanol–water partition coefficient (Wildman–Crippen LogP) is 2.03. The first-order chi connectivity index (χ1) is 11.9. The van der Waals surface area contributed by atoms with Crippen LogP contribution in [0.5, 0.6) is 0 Å². The van der Waals surface area contributed by atoms with Crippen molar-refractivity contribution in [3.8, 4) is 0 Å². The Morgan fingerprint density at radius 3 is 2.56 bits per heavy atom. The summed E-state index contributed by atoms with van der Waals surface area (Å²) in [6.07, 6.45) is 0.534. The summed E-state index contributed by atoms with van der Waals surface area (Å²) in [5.41, 5.74) is 0.888. The quantitative estimate of drug-likeness (QED) is 0.546. The molecule has 0 spiro atoms. The van der Waals surface area contributed by atoms with Crippen molar-refractivity contribution in [1.82, 2.24) is 9.80 Å². The molecule has 0 aromatic heterocycles. The summed E-state index contributed by atoms with van der Waals surface area (Å²) in [5, 5.41) is 9.93. The lowest BCUT2D eigenvalue weighted by molar-refractivity contribution is -0.137. The van der Waals surface area contributed by atoms with E-state index in [4.69, 9.17) is 27.9 Å². The minimum absolute atomic E-state index is 0.146. The Hall–Kier alpha value is -1.60. The Bertz CT molecular complexity index is 706. The van der Waals surface area contributed by atoms with Gasteiger partial charge in [0.2, 0.25) is 0 Å². The van der Waals surface area contributed by atoms with E-state index in [0.29, 0.717) is 23.6 Å². The van der Waals surface area contributed by atoms with Gasteiger partial charge in [-0.15, -0.1) is 0 Å². The molecular formula is C17H20Cl2N2O4. The zero-order valence-electron chi connectivity index (χ0n) is 14.1. The number of methoxy groups -OCH3 is 1. The maximum Gasteiger partial charge on any atom is 0.277 e. The maximum absolute atomic E-state index is 12.9. The maximum atomic E-state index is 12.9. The molecule has 0 unspecified atom stereocenters. The highest BCUT2D eigenvalue weighted by atomic mass is 35.5. The molecular weight excluding hydrogens is 367 g/mol. The third kappa shape index (κ3) is 4.15. The van der Waals surface area contributed by atoms with Crippen molar-refractivity contribution in [3.63, 3.8) is 0 Å². The highest BCUT2D eigenvalue weighted by Gasteiger charge is 2.40. The van der Waals surface area contributed by atoms with Crippen molar-refractivity contribution in [2.24, 2.45) is 0 Å². The molecule has 0 saturated heterocycles. The van der Waals surface area contributed by atoms with Gasteiger partial charge in [-0.05, 0) is 18.6 Å². The Balaban J connectivity index is 2.47. The van der Waals surface area contributed by atoms with Crippen LogP contribution >= 0.6 is 23.2 Å². The summed E-state index contributed by atoms with van der Waals surface area (Å²) in [6.45, 7) is 0.758. The monoisotopic (exact) mass is 386 g/mol. The molecule has 1 aliphatic heterocycles. The fourth-order valence-electron chi connectivity index (χ4n) is 2.68. The largest absolute Gasteiger partial charge is 0.395 e. The molecule has 1 aromatic carbocycles. The van der Waals surface area contributed by atoms with Crippen molar-refractivity contribution in [1.29, 1.82) is 0 Å². The Morgan fingerprint density at radius 1 is 1.24 bits per heavy atom. The third-order valence-electron chi connectivity index (χ3n) is 3.89. The summed E-state index contributed by atoms with van der Waals surface area (Å²) >= 11 is 12.2. The van der Waals surface area contributed by atoms with Crippen molar-refractivity contribution in [3.05, 3.63) is 39.5 Å². The van der Waals surface area contributed by atoms with E-state index >= 15 is 0 Å². The molecule has 1 aromatic rings. The van der Waals surface area contributed by atoms with Gasteiger partial charge in [-0.1, -0.05) is 29.3 Å². The molecule has 8 heteroatoms. The van der Waals surface area contributed by atoms with E-state index in [0.717, 1.165) is 0 Å². The second-order valence-electron chi connectivity index (χ2n) is 5.60. The number of nitrogens with zero attached hydrogens (tertiary/aromatic N) is 2. The number of rotatable bonds is 8. The number of imide groups is 1. The Morgan fingerprint density at radius 2 is 1.96 bits per heavy atom. The van der Waals surface area contributed by atoms with Crippen LogP contribution in [0.15, 0.2) is 23.9 Å². The summed E-state index contributed by atoms with van der Waals surface area (Å²) in [7, 11) is 3.21. The minimum Gasteiger partial charge on any atom is -0.395 e. The second-order valence-corrected chi connectivity index (χ2v) is 6.44. The summed E-state index contributed by atoms with van der Waals surface area (Å²) < 4.78 is 4.99. The van der Waals surface area contributed by atoms with Crippen molar-refractivity contribution in [2.75, 3.05) is 40.5 Å². The van der Waals surface area contributed by atoms with Gasteiger partial charge < -0.3 is 14.7 Å². The van der Waals surface area contributed by atoms with Crippen LogP contribution in [0.3, 0.4) is 0 Å². The van der Waals surface area contributed by atoms with Crippen LogP contribution in [0.1, 0.15) is 12.0 Å². The summed E-state index contributed by atoms with van der Waals surface area (Å²) in [5.74, 6) is -0.816. The molecule has 136 valence electrons. The Labute approximate surface area is 156 Å². The van der Waals surface area contributed by atoms with Gasteiger partial charge in [-0.25, -0.2) is 0 Å². The predicted molar refractivity (Wildman–Crippen MR) is 96.3 cm³/mol. The van der Waals surface area contributed by atoms with Crippen LogP contribution in [0, 0.1) is 0 Å². The molecule has 6 nitrogen and oxygen atoms in total. The van der Waals surface area contributed by atoms with Crippen molar-refractivity contribution in [2.45, 2.75) is 6.42 Å². The van der Waals surface area contributed by atoms with Gasteiger partial charge >= 0.3 is 0 Å². The lowest BCUT2D eigenvalue weighted by atomic mass is 10.0. The highest BCUT2D eigenvalue weighted by Crippen LogP contribution is 2.35. The summed E-state index contributed by atoms with van der Waals surface area (Å²) in [6, 6.07) is 4.77. The van der Waals surface area contributed by atoms with E-state index in [1.807, 2.05) is 0 Å². The number of amides is 2. The lowest BCUT2D eigenvalue weighted by Crippen LogP contribution is -2.35. The topological polar surface area (TPSA) is 70.1 Å². The van der Waals surface area contributed by atoms with Crippen LogP contribution in [0.25, 0.3) is 5.57 Å². The molecule has 0 bridgehead atoms. The SMILES string of the molecule is COCCCN1C(=O)C(c2ccc(Cl)cc2Cl)=C(N(C)CCO)C1=O. The number of hydrogen-bond acceptors (Lipinski definition) is 5. The first-order valence-corrected chi connectivity index (χ1v) is 8.54. The van der Waals surface area contributed by atoms with Crippen LogP contribution in [0.2, 0.25) is 10.0 Å². The number of carbonyl (C=O) groups excluding carboxylic acids is 2. The van der Waals surface area contributed by atoms with E-state index in [1.165, 1.54) is 11.0 Å². The fraction of sp³-hybridized carbons (Fsp3) is 0.412. The highest BCUT2D eigenvalue weighted by molar-refractivity contribution is 6.41. The smallest absolute Gasteiger partial charge is 0.277 e. The molecule has 25 heavy (non-hydrogen) atoms. The average molecular weight is 387 g/mol. The van der Waals surface area contributed by atoms with E-state index in [1.54, 1.807) is 31.2 Å².